The highest BCUT2D eigenvalue weighted by Gasteiger charge is 2.25. The molecule has 1 aliphatic heterocycles. The van der Waals surface area contributed by atoms with Crippen LogP contribution >= 0.6 is 0 Å². The Kier molecular flexibility index (Phi) is 5.60. The normalized spacial score (nSPS) is 21.4. The Balaban J connectivity index is 2.35. The highest BCUT2D eigenvalue weighted by Crippen LogP contribution is 2.24. The van der Waals surface area contributed by atoms with Crippen LogP contribution in [-0.4, -0.2) is 49.6 Å². The molecule has 0 bridgehead atoms. The molecule has 0 saturated carbocycles. The van der Waals surface area contributed by atoms with Gasteiger partial charge in [-0.25, -0.2) is 0 Å². The lowest BCUT2D eigenvalue weighted by Crippen LogP contribution is -2.53. The lowest BCUT2D eigenvalue weighted by Gasteiger charge is -2.33. The van der Waals surface area contributed by atoms with Gasteiger partial charge < -0.3 is 10.6 Å². The number of hydrogen-bond acceptors (Lipinski definition) is 3. The van der Waals surface area contributed by atoms with Gasteiger partial charge in [-0.05, 0) is 18.3 Å². The number of hydrogen-bond donors (Lipinski definition) is 2. The zero-order chi connectivity index (χ0) is 13.8. The summed E-state index contributed by atoms with van der Waals surface area (Å²) in [6.07, 6.45) is 0. The molecule has 4 nitrogen and oxygen atoms in total. The Bertz CT molecular complexity index is 267. The summed E-state index contributed by atoms with van der Waals surface area (Å²) in [5, 5.41) is 6.39. The number of nitrogens with zero attached hydrogens (tertiary/aromatic N) is 1. The van der Waals surface area contributed by atoms with Crippen molar-refractivity contribution in [2.45, 2.75) is 40.7 Å². The third-order valence-corrected chi connectivity index (χ3v) is 4.14. The van der Waals surface area contributed by atoms with Gasteiger partial charge in [0.25, 0.3) is 0 Å². The maximum atomic E-state index is 12.1. The summed E-state index contributed by atoms with van der Waals surface area (Å²) in [6.45, 7) is 15.5. The number of amides is 1. The molecule has 1 saturated heterocycles. The van der Waals surface area contributed by atoms with E-state index in [9.17, 15) is 4.79 Å². The van der Waals surface area contributed by atoms with E-state index in [1.807, 2.05) is 6.92 Å². The van der Waals surface area contributed by atoms with E-state index in [0.29, 0.717) is 5.92 Å². The zero-order valence-corrected chi connectivity index (χ0v) is 12.5. The lowest BCUT2D eigenvalue weighted by molar-refractivity contribution is -0.126. The average molecular weight is 255 g/mol. The summed E-state index contributed by atoms with van der Waals surface area (Å²) in [4.78, 5) is 14.3. The van der Waals surface area contributed by atoms with Crippen molar-refractivity contribution in [1.82, 2.24) is 15.5 Å². The molecule has 0 aromatic heterocycles. The van der Waals surface area contributed by atoms with E-state index in [1.54, 1.807) is 0 Å². The van der Waals surface area contributed by atoms with E-state index >= 15 is 0 Å². The summed E-state index contributed by atoms with van der Waals surface area (Å²) < 4.78 is 0. The van der Waals surface area contributed by atoms with E-state index in [1.165, 1.54) is 0 Å². The number of piperazine rings is 1. The molecule has 0 spiro atoms. The molecule has 1 aliphatic rings. The molecule has 2 unspecified atom stereocenters. The van der Waals surface area contributed by atoms with Crippen LogP contribution in [0.25, 0.3) is 0 Å². The lowest BCUT2D eigenvalue weighted by atomic mass is 9.82. The van der Waals surface area contributed by atoms with Crippen LogP contribution in [0.3, 0.4) is 0 Å². The topological polar surface area (TPSA) is 44.4 Å². The number of rotatable bonds is 4. The van der Waals surface area contributed by atoms with Crippen molar-refractivity contribution in [3.05, 3.63) is 0 Å². The number of carbonyl (C=O) groups excluding carboxylic acids is 1. The van der Waals surface area contributed by atoms with Gasteiger partial charge in [0.05, 0.1) is 6.04 Å². The van der Waals surface area contributed by atoms with Crippen LogP contribution in [0.15, 0.2) is 0 Å². The van der Waals surface area contributed by atoms with E-state index in [0.717, 1.165) is 32.7 Å². The maximum Gasteiger partial charge on any atom is 0.237 e. The maximum absolute atomic E-state index is 12.1. The summed E-state index contributed by atoms with van der Waals surface area (Å²) in [5.74, 6) is 0.643. The Hall–Kier alpha value is -0.610. The molecule has 0 aromatic carbocycles. The quantitative estimate of drug-likeness (QED) is 0.790. The van der Waals surface area contributed by atoms with Gasteiger partial charge in [-0.2, -0.15) is 0 Å². The molecule has 0 radical (unpaired) electrons. The Labute approximate surface area is 111 Å². The molecule has 2 atom stereocenters. The highest BCUT2D eigenvalue weighted by atomic mass is 16.2. The van der Waals surface area contributed by atoms with E-state index in [2.05, 4.69) is 43.2 Å². The van der Waals surface area contributed by atoms with Gasteiger partial charge in [-0.15, -0.1) is 0 Å². The minimum atomic E-state index is -0.0146. The van der Waals surface area contributed by atoms with E-state index in [-0.39, 0.29) is 17.4 Å². The van der Waals surface area contributed by atoms with Gasteiger partial charge in [-0.3, -0.25) is 9.69 Å². The van der Waals surface area contributed by atoms with Crippen molar-refractivity contribution >= 4 is 5.91 Å². The molecule has 4 heteroatoms. The van der Waals surface area contributed by atoms with Gasteiger partial charge in [0.2, 0.25) is 5.91 Å². The van der Waals surface area contributed by atoms with Gasteiger partial charge in [-0.1, -0.05) is 27.7 Å². The van der Waals surface area contributed by atoms with E-state index < -0.39 is 0 Å². The highest BCUT2D eigenvalue weighted by molar-refractivity contribution is 5.81. The Morgan fingerprint density at radius 3 is 2.33 bits per heavy atom. The smallest absolute Gasteiger partial charge is 0.237 e. The predicted molar refractivity (Wildman–Crippen MR) is 75.5 cm³/mol. The Morgan fingerprint density at radius 1 is 1.28 bits per heavy atom. The minimum absolute atomic E-state index is 0.0146. The minimum Gasteiger partial charge on any atom is -0.354 e. The van der Waals surface area contributed by atoms with Gasteiger partial charge in [0.15, 0.2) is 0 Å². The standard InChI is InChI=1S/C14H29N3O/c1-11(14(3,4)5)10-16-13(18)12(2)17-8-6-15-7-9-17/h11-12,15H,6-10H2,1-5H3,(H,16,18). The summed E-state index contributed by atoms with van der Waals surface area (Å²) in [6, 6.07) is -0.0146. The predicted octanol–water partition coefficient (Wildman–Crippen LogP) is 1.08. The second-order valence-electron chi connectivity index (χ2n) is 6.47. The third kappa shape index (κ3) is 4.58. The summed E-state index contributed by atoms with van der Waals surface area (Å²) in [5.41, 5.74) is 0.242. The van der Waals surface area contributed by atoms with Crippen LogP contribution < -0.4 is 10.6 Å². The number of nitrogens with one attached hydrogen (secondary N) is 2. The molecule has 1 fully saturated rings. The van der Waals surface area contributed by atoms with Crippen molar-refractivity contribution < 1.29 is 4.79 Å². The van der Waals surface area contributed by atoms with Crippen molar-refractivity contribution in [1.29, 1.82) is 0 Å². The first-order chi connectivity index (χ1) is 8.32. The van der Waals surface area contributed by atoms with Crippen LogP contribution in [-0.2, 0) is 4.79 Å². The van der Waals surface area contributed by atoms with E-state index in [4.69, 9.17) is 0 Å². The van der Waals surface area contributed by atoms with Crippen molar-refractivity contribution in [3.8, 4) is 0 Å². The molecule has 106 valence electrons. The van der Waals surface area contributed by atoms with Crippen LogP contribution in [0.5, 0.6) is 0 Å². The monoisotopic (exact) mass is 255 g/mol. The van der Waals surface area contributed by atoms with Crippen molar-refractivity contribution in [3.63, 3.8) is 0 Å². The fourth-order valence-electron chi connectivity index (χ4n) is 1.94. The fraction of sp³-hybridized carbons (Fsp3) is 0.929. The van der Waals surface area contributed by atoms with Crippen molar-refractivity contribution in [2.24, 2.45) is 11.3 Å². The summed E-state index contributed by atoms with van der Waals surface area (Å²) >= 11 is 0. The average Bonchev–Trinajstić information content (AvgIpc) is 2.34. The molecule has 18 heavy (non-hydrogen) atoms. The molecule has 1 amide bonds. The Morgan fingerprint density at radius 2 is 1.83 bits per heavy atom. The first kappa shape index (κ1) is 15.4. The zero-order valence-electron chi connectivity index (χ0n) is 12.5. The van der Waals surface area contributed by atoms with Crippen LogP contribution in [0, 0.1) is 11.3 Å². The largest absolute Gasteiger partial charge is 0.354 e. The van der Waals surface area contributed by atoms with Crippen LogP contribution in [0.2, 0.25) is 0 Å². The molecule has 2 N–H and O–H groups in total. The molecule has 0 aromatic rings. The first-order valence-corrected chi connectivity index (χ1v) is 7.05. The van der Waals surface area contributed by atoms with Crippen molar-refractivity contribution in [2.75, 3.05) is 32.7 Å². The third-order valence-electron chi connectivity index (χ3n) is 4.14. The number of carbonyl (C=O) groups is 1. The molecule has 0 aliphatic carbocycles. The fourth-order valence-corrected chi connectivity index (χ4v) is 1.94. The van der Waals surface area contributed by atoms with Gasteiger partial charge in [0.1, 0.15) is 0 Å². The molecule has 1 rings (SSSR count). The second kappa shape index (κ2) is 6.53. The first-order valence-electron chi connectivity index (χ1n) is 7.05. The molecular formula is C14H29N3O. The SMILES string of the molecule is CC(C(=O)NCC(C)C(C)(C)C)N1CCNCC1. The van der Waals surface area contributed by atoms with Gasteiger partial charge >= 0.3 is 0 Å². The molecule has 1 heterocycles. The van der Waals surface area contributed by atoms with Crippen LogP contribution in [0.1, 0.15) is 34.6 Å². The summed E-state index contributed by atoms with van der Waals surface area (Å²) in [7, 11) is 0. The molecular weight excluding hydrogens is 226 g/mol. The van der Waals surface area contributed by atoms with Gasteiger partial charge in [0, 0.05) is 32.7 Å². The van der Waals surface area contributed by atoms with Crippen LogP contribution in [0.4, 0.5) is 0 Å². The second-order valence-corrected chi connectivity index (χ2v) is 6.47.